The number of aliphatic carboxylic acids is 1. The van der Waals surface area contributed by atoms with E-state index in [0.717, 1.165) is 38.5 Å². The van der Waals surface area contributed by atoms with E-state index in [4.69, 9.17) is 0 Å². The molecule has 2 aliphatic rings. The Morgan fingerprint density at radius 1 is 1.11 bits per heavy atom. The van der Waals surface area contributed by atoms with E-state index in [1.807, 2.05) is 0 Å². The van der Waals surface area contributed by atoms with E-state index in [2.05, 4.69) is 12.2 Å². The normalized spacial score (nSPS) is 33.3. The first-order valence-electron chi connectivity index (χ1n) is 7.09. The van der Waals surface area contributed by atoms with Gasteiger partial charge in [0.2, 0.25) is 5.91 Å². The van der Waals surface area contributed by atoms with Gasteiger partial charge in [-0.05, 0) is 44.4 Å². The van der Waals surface area contributed by atoms with Crippen LogP contribution in [0.3, 0.4) is 0 Å². The Bertz CT molecular complexity index is 326. The summed E-state index contributed by atoms with van der Waals surface area (Å²) in [4.78, 5) is 23.6. The largest absolute Gasteiger partial charge is 0.480 e. The maximum Gasteiger partial charge on any atom is 0.329 e. The van der Waals surface area contributed by atoms with Crippen molar-refractivity contribution in [3.05, 3.63) is 0 Å². The molecule has 0 unspecified atom stereocenters. The molecule has 0 atom stereocenters. The van der Waals surface area contributed by atoms with Crippen molar-refractivity contribution in [2.24, 2.45) is 11.8 Å². The highest BCUT2D eigenvalue weighted by Crippen LogP contribution is 2.33. The molecule has 2 fully saturated rings. The lowest BCUT2D eigenvalue weighted by Crippen LogP contribution is -2.57. The summed E-state index contributed by atoms with van der Waals surface area (Å²) in [6, 6.07) is 0. The molecule has 4 nitrogen and oxygen atoms in total. The average molecular weight is 253 g/mol. The Labute approximate surface area is 108 Å². The fourth-order valence-corrected chi connectivity index (χ4v) is 3.17. The van der Waals surface area contributed by atoms with Crippen LogP contribution in [-0.2, 0) is 9.59 Å². The van der Waals surface area contributed by atoms with Gasteiger partial charge >= 0.3 is 5.97 Å². The molecule has 0 aromatic heterocycles. The first-order valence-corrected chi connectivity index (χ1v) is 7.09. The lowest BCUT2D eigenvalue weighted by Gasteiger charge is -2.37. The second-order valence-corrected chi connectivity index (χ2v) is 6.04. The first kappa shape index (κ1) is 13.4. The molecule has 0 spiro atoms. The minimum absolute atomic E-state index is 0.0375. The SMILES string of the molecule is CC1CCC(NC(=O)C2CCCC2)(C(=O)O)CC1. The topological polar surface area (TPSA) is 66.4 Å². The molecule has 2 rings (SSSR count). The zero-order valence-electron chi connectivity index (χ0n) is 11.1. The molecule has 0 bridgehead atoms. The van der Waals surface area contributed by atoms with Crippen molar-refractivity contribution in [1.82, 2.24) is 5.32 Å². The average Bonchev–Trinajstić information content (AvgIpc) is 2.85. The highest BCUT2D eigenvalue weighted by Gasteiger charge is 2.43. The molecule has 4 heteroatoms. The maximum absolute atomic E-state index is 12.1. The molecule has 2 saturated carbocycles. The number of hydrogen-bond acceptors (Lipinski definition) is 2. The maximum atomic E-state index is 12.1. The minimum Gasteiger partial charge on any atom is -0.480 e. The summed E-state index contributed by atoms with van der Waals surface area (Å²) in [7, 11) is 0. The Morgan fingerprint density at radius 2 is 1.67 bits per heavy atom. The van der Waals surface area contributed by atoms with Crippen LogP contribution in [0.5, 0.6) is 0 Å². The molecule has 0 saturated heterocycles. The zero-order chi connectivity index (χ0) is 13.2. The van der Waals surface area contributed by atoms with Gasteiger partial charge in [0, 0.05) is 5.92 Å². The van der Waals surface area contributed by atoms with Crippen LogP contribution in [0.25, 0.3) is 0 Å². The van der Waals surface area contributed by atoms with E-state index < -0.39 is 11.5 Å². The van der Waals surface area contributed by atoms with Gasteiger partial charge in [-0.3, -0.25) is 4.79 Å². The van der Waals surface area contributed by atoms with Crippen LogP contribution in [-0.4, -0.2) is 22.5 Å². The molecule has 0 aliphatic heterocycles. The van der Waals surface area contributed by atoms with Crippen molar-refractivity contribution in [1.29, 1.82) is 0 Å². The molecule has 0 heterocycles. The molecular weight excluding hydrogens is 230 g/mol. The van der Waals surface area contributed by atoms with Crippen LogP contribution >= 0.6 is 0 Å². The lowest BCUT2D eigenvalue weighted by atomic mass is 9.77. The van der Waals surface area contributed by atoms with Gasteiger partial charge in [0.1, 0.15) is 5.54 Å². The van der Waals surface area contributed by atoms with E-state index in [-0.39, 0.29) is 11.8 Å². The van der Waals surface area contributed by atoms with Gasteiger partial charge in [0.05, 0.1) is 0 Å². The van der Waals surface area contributed by atoms with E-state index in [0.29, 0.717) is 18.8 Å². The summed E-state index contributed by atoms with van der Waals surface area (Å²) < 4.78 is 0. The summed E-state index contributed by atoms with van der Waals surface area (Å²) in [6.45, 7) is 2.14. The van der Waals surface area contributed by atoms with Crippen LogP contribution in [0.4, 0.5) is 0 Å². The molecule has 2 aliphatic carbocycles. The Hall–Kier alpha value is -1.06. The molecule has 18 heavy (non-hydrogen) atoms. The van der Waals surface area contributed by atoms with Gasteiger partial charge in [0.15, 0.2) is 0 Å². The van der Waals surface area contributed by atoms with Crippen LogP contribution in [0.15, 0.2) is 0 Å². The number of carboxylic acid groups (broad SMARTS) is 1. The van der Waals surface area contributed by atoms with Crippen LogP contribution < -0.4 is 5.32 Å². The molecule has 0 aromatic rings. The van der Waals surface area contributed by atoms with Gasteiger partial charge in [-0.2, -0.15) is 0 Å². The zero-order valence-corrected chi connectivity index (χ0v) is 11.1. The predicted molar refractivity (Wildman–Crippen MR) is 68.1 cm³/mol. The highest BCUT2D eigenvalue weighted by molar-refractivity contribution is 5.88. The van der Waals surface area contributed by atoms with Crippen molar-refractivity contribution in [2.45, 2.75) is 63.8 Å². The molecule has 0 radical (unpaired) electrons. The summed E-state index contributed by atoms with van der Waals surface area (Å²) >= 11 is 0. The van der Waals surface area contributed by atoms with Gasteiger partial charge in [-0.15, -0.1) is 0 Å². The number of carbonyl (C=O) groups is 2. The van der Waals surface area contributed by atoms with E-state index in [9.17, 15) is 14.7 Å². The molecular formula is C14H23NO3. The van der Waals surface area contributed by atoms with Crippen LogP contribution in [0.2, 0.25) is 0 Å². The van der Waals surface area contributed by atoms with Gasteiger partial charge < -0.3 is 10.4 Å². The third-order valence-electron chi connectivity index (χ3n) is 4.63. The molecule has 1 amide bonds. The quantitative estimate of drug-likeness (QED) is 0.811. The van der Waals surface area contributed by atoms with E-state index in [1.165, 1.54) is 0 Å². The summed E-state index contributed by atoms with van der Waals surface area (Å²) in [5, 5.41) is 12.3. The van der Waals surface area contributed by atoms with Crippen molar-refractivity contribution in [2.75, 3.05) is 0 Å². The number of nitrogens with one attached hydrogen (secondary N) is 1. The molecule has 2 N–H and O–H groups in total. The highest BCUT2D eigenvalue weighted by atomic mass is 16.4. The number of carbonyl (C=O) groups excluding carboxylic acids is 1. The van der Waals surface area contributed by atoms with E-state index >= 15 is 0 Å². The summed E-state index contributed by atoms with van der Waals surface area (Å²) in [5.41, 5.74) is -0.994. The number of hydrogen-bond donors (Lipinski definition) is 2. The smallest absolute Gasteiger partial charge is 0.329 e. The second kappa shape index (κ2) is 5.29. The lowest BCUT2D eigenvalue weighted by molar-refractivity contribution is -0.150. The first-order chi connectivity index (χ1) is 8.53. The summed E-state index contributed by atoms with van der Waals surface area (Å²) in [6.07, 6.45) is 6.93. The third-order valence-corrected chi connectivity index (χ3v) is 4.63. The minimum atomic E-state index is -0.994. The second-order valence-electron chi connectivity index (χ2n) is 6.04. The van der Waals surface area contributed by atoms with Crippen molar-refractivity contribution in [3.8, 4) is 0 Å². The van der Waals surface area contributed by atoms with E-state index in [1.54, 1.807) is 0 Å². The van der Waals surface area contributed by atoms with Gasteiger partial charge in [-0.25, -0.2) is 4.79 Å². The number of carboxylic acids is 1. The van der Waals surface area contributed by atoms with Gasteiger partial charge in [-0.1, -0.05) is 19.8 Å². The number of rotatable bonds is 3. The van der Waals surface area contributed by atoms with Crippen molar-refractivity contribution < 1.29 is 14.7 Å². The Morgan fingerprint density at radius 3 is 2.17 bits per heavy atom. The van der Waals surface area contributed by atoms with Crippen LogP contribution in [0, 0.1) is 11.8 Å². The predicted octanol–water partition coefficient (Wildman–Crippen LogP) is 2.33. The standard InChI is InChI=1S/C14H23NO3/c1-10-6-8-14(9-7-10,13(17)18)15-12(16)11-4-2-3-5-11/h10-11H,2-9H2,1H3,(H,15,16)(H,17,18). The third kappa shape index (κ3) is 2.68. The fraction of sp³-hybridized carbons (Fsp3) is 0.857. The van der Waals surface area contributed by atoms with Crippen LogP contribution in [0.1, 0.15) is 58.3 Å². The molecule has 102 valence electrons. The monoisotopic (exact) mass is 253 g/mol. The van der Waals surface area contributed by atoms with Crippen molar-refractivity contribution >= 4 is 11.9 Å². The molecule has 0 aromatic carbocycles. The Kier molecular flexibility index (Phi) is 3.93. The number of amides is 1. The fourth-order valence-electron chi connectivity index (χ4n) is 3.17. The van der Waals surface area contributed by atoms with Crippen molar-refractivity contribution in [3.63, 3.8) is 0 Å². The summed E-state index contributed by atoms with van der Waals surface area (Å²) in [5.74, 6) is -0.286. The Balaban J connectivity index is 2.01. The van der Waals surface area contributed by atoms with Gasteiger partial charge in [0.25, 0.3) is 0 Å².